The SMILES string of the molecule is COC(=O)CCS(=O)(=O)Cc1cccc(Oc2ccc3c(c2)C2=NCCCN2C=N3)c1Cl. The van der Waals surface area contributed by atoms with E-state index < -0.39 is 15.8 Å². The number of esters is 1. The number of halogens is 1. The molecule has 2 aliphatic heterocycles. The van der Waals surface area contributed by atoms with Crippen LogP contribution in [0, 0.1) is 0 Å². The summed E-state index contributed by atoms with van der Waals surface area (Å²) in [5, 5.41) is 0.210. The van der Waals surface area contributed by atoms with Gasteiger partial charge in [0.1, 0.15) is 17.3 Å². The van der Waals surface area contributed by atoms with Crippen molar-refractivity contribution in [3.8, 4) is 11.5 Å². The van der Waals surface area contributed by atoms with E-state index in [1.54, 1.807) is 30.6 Å². The molecule has 0 atom stereocenters. The van der Waals surface area contributed by atoms with Gasteiger partial charge in [-0.15, -0.1) is 0 Å². The van der Waals surface area contributed by atoms with Crippen LogP contribution in [0.15, 0.2) is 46.4 Å². The maximum absolute atomic E-state index is 12.4. The summed E-state index contributed by atoms with van der Waals surface area (Å²) >= 11 is 6.47. The minimum absolute atomic E-state index is 0.203. The maximum Gasteiger partial charge on any atom is 0.306 e. The highest BCUT2D eigenvalue weighted by Crippen LogP contribution is 2.36. The number of benzene rings is 2. The van der Waals surface area contributed by atoms with E-state index in [0.717, 1.165) is 36.6 Å². The van der Waals surface area contributed by atoms with Crippen molar-refractivity contribution in [2.24, 2.45) is 9.98 Å². The molecular formula is C22H22ClN3O5S. The Bertz CT molecular complexity index is 1210. The summed E-state index contributed by atoms with van der Waals surface area (Å²) in [4.78, 5) is 22.4. The third-order valence-corrected chi connectivity index (χ3v) is 7.13. The summed E-state index contributed by atoms with van der Waals surface area (Å²) < 4.78 is 35.3. The number of carbonyl (C=O) groups excluding carboxylic acids is 1. The molecule has 2 aliphatic rings. The van der Waals surface area contributed by atoms with Crippen molar-refractivity contribution in [2.45, 2.75) is 18.6 Å². The highest BCUT2D eigenvalue weighted by molar-refractivity contribution is 7.90. The molecule has 0 aliphatic carbocycles. The van der Waals surface area contributed by atoms with E-state index in [9.17, 15) is 13.2 Å². The van der Waals surface area contributed by atoms with Crippen LogP contribution in [-0.4, -0.2) is 57.4 Å². The molecule has 0 radical (unpaired) electrons. The topological polar surface area (TPSA) is 97.6 Å². The van der Waals surface area contributed by atoms with Gasteiger partial charge < -0.3 is 14.4 Å². The lowest BCUT2D eigenvalue weighted by atomic mass is 10.1. The average Bonchev–Trinajstić information content (AvgIpc) is 2.80. The van der Waals surface area contributed by atoms with Crippen molar-refractivity contribution < 1.29 is 22.7 Å². The third kappa shape index (κ3) is 4.94. The number of nitrogens with zero attached hydrogens (tertiary/aromatic N) is 3. The molecule has 0 N–H and O–H groups in total. The van der Waals surface area contributed by atoms with E-state index >= 15 is 0 Å². The Kier molecular flexibility index (Phi) is 6.48. The van der Waals surface area contributed by atoms with Crippen molar-refractivity contribution in [3.05, 3.63) is 52.5 Å². The van der Waals surface area contributed by atoms with Crippen LogP contribution in [0.2, 0.25) is 5.02 Å². The first-order chi connectivity index (χ1) is 15.4. The molecule has 2 aromatic rings. The smallest absolute Gasteiger partial charge is 0.306 e. The van der Waals surface area contributed by atoms with E-state index in [1.165, 1.54) is 7.11 Å². The first-order valence-corrected chi connectivity index (χ1v) is 12.3. The Balaban J connectivity index is 1.54. The molecule has 32 heavy (non-hydrogen) atoms. The molecule has 168 valence electrons. The Labute approximate surface area is 191 Å². The summed E-state index contributed by atoms with van der Waals surface area (Å²) in [6.07, 6.45) is 2.57. The monoisotopic (exact) mass is 475 g/mol. The zero-order chi connectivity index (χ0) is 22.7. The first kappa shape index (κ1) is 22.3. The molecule has 10 heteroatoms. The van der Waals surface area contributed by atoms with Gasteiger partial charge in [-0.3, -0.25) is 9.79 Å². The van der Waals surface area contributed by atoms with Crippen molar-refractivity contribution >= 4 is 45.3 Å². The molecule has 0 saturated heterocycles. The Morgan fingerprint density at radius 3 is 2.91 bits per heavy atom. The van der Waals surface area contributed by atoms with Gasteiger partial charge in [-0.2, -0.15) is 0 Å². The van der Waals surface area contributed by atoms with Crippen LogP contribution in [-0.2, 0) is 25.1 Å². The standard InChI is InChI=1S/C22H22ClN3O5S/c1-30-20(27)8-11-32(28,29)13-15-4-2-5-19(21(15)23)31-16-6-7-18-17(12-16)22-24-9-3-10-26(22)14-25-18/h2,4-7,12,14H,3,8-11,13H2,1H3. The molecule has 0 amide bonds. The van der Waals surface area contributed by atoms with Gasteiger partial charge in [0.2, 0.25) is 0 Å². The highest BCUT2D eigenvalue weighted by Gasteiger charge is 2.23. The fourth-order valence-electron chi connectivity index (χ4n) is 3.50. The summed E-state index contributed by atoms with van der Waals surface area (Å²) in [5.74, 6) is 0.559. The second-order valence-corrected chi connectivity index (χ2v) is 9.99. The van der Waals surface area contributed by atoms with Crippen molar-refractivity contribution in [3.63, 3.8) is 0 Å². The predicted molar refractivity (Wildman–Crippen MR) is 123 cm³/mol. The molecule has 0 unspecified atom stereocenters. The number of carbonyl (C=O) groups is 1. The second-order valence-electron chi connectivity index (χ2n) is 7.43. The number of aliphatic imine (C=N–C) groups is 2. The number of sulfone groups is 1. The molecule has 0 spiro atoms. The van der Waals surface area contributed by atoms with Crippen LogP contribution in [0.25, 0.3) is 0 Å². The quantitative estimate of drug-likeness (QED) is 0.566. The Morgan fingerprint density at radius 1 is 1.25 bits per heavy atom. The number of hydrogen-bond acceptors (Lipinski definition) is 8. The van der Waals surface area contributed by atoms with Crippen LogP contribution in [0.3, 0.4) is 0 Å². The summed E-state index contributed by atoms with van der Waals surface area (Å²) in [6, 6.07) is 10.5. The normalized spacial score (nSPS) is 14.9. The number of hydrogen-bond donors (Lipinski definition) is 0. The molecule has 0 saturated carbocycles. The summed E-state index contributed by atoms with van der Waals surface area (Å²) in [7, 11) is -2.33. The number of methoxy groups -OCH3 is 1. The minimum Gasteiger partial charge on any atom is -0.469 e. The Hall–Kier alpha value is -2.91. The number of fused-ring (bicyclic) bond motifs is 3. The fourth-order valence-corrected chi connectivity index (χ4v) is 5.15. The van der Waals surface area contributed by atoms with Crippen LogP contribution >= 0.6 is 11.6 Å². The van der Waals surface area contributed by atoms with Gasteiger partial charge in [-0.1, -0.05) is 23.7 Å². The minimum atomic E-state index is -3.56. The van der Waals surface area contributed by atoms with Crippen LogP contribution in [0.4, 0.5) is 5.69 Å². The van der Waals surface area contributed by atoms with E-state index in [2.05, 4.69) is 14.7 Å². The highest BCUT2D eigenvalue weighted by atomic mass is 35.5. The maximum atomic E-state index is 12.4. The number of rotatable bonds is 7. The van der Waals surface area contributed by atoms with E-state index in [1.807, 2.05) is 17.0 Å². The van der Waals surface area contributed by atoms with E-state index in [0.29, 0.717) is 17.1 Å². The first-order valence-electron chi connectivity index (χ1n) is 10.1. The zero-order valence-electron chi connectivity index (χ0n) is 17.5. The summed E-state index contributed by atoms with van der Waals surface area (Å²) in [5.41, 5.74) is 2.09. The van der Waals surface area contributed by atoms with Gasteiger partial charge in [0, 0.05) is 18.7 Å². The molecule has 0 aromatic heterocycles. The van der Waals surface area contributed by atoms with Gasteiger partial charge in [-0.05, 0) is 36.2 Å². The molecule has 2 heterocycles. The van der Waals surface area contributed by atoms with Crippen molar-refractivity contribution in [2.75, 3.05) is 26.0 Å². The van der Waals surface area contributed by atoms with Crippen LogP contribution in [0.1, 0.15) is 24.0 Å². The number of amidine groups is 1. The molecule has 4 rings (SSSR count). The molecule has 8 nitrogen and oxygen atoms in total. The van der Waals surface area contributed by atoms with E-state index in [-0.39, 0.29) is 22.9 Å². The fraction of sp³-hybridized carbons (Fsp3) is 0.318. The lowest BCUT2D eigenvalue weighted by Crippen LogP contribution is -2.36. The number of ether oxygens (including phenoxy) is 2. The predicted octanol–water partition coefficient (Wildman–Crippen LogP) is 3.74. The van der Waals surface area contributed by atoms with E-state index in [4.69, 9.17) is 16.3 Å². The third-order valence-electron chi connectivity index (χ3n) is 5.13. The zero-order valence-corrected chi connectivity index (χ0v) is 19.0. The summed E-state index contributed by atoms with van der Waals surface area (Å²) in [6.45, 7) is 1.63. The van der Waals surface area contributed by atoms with Crippen LogP contribution in [0.5, 0.6) is 11.5 Å². The van der Waals surface area contributed by atoms with Crippen molar-refractivity contribution in [1.82, 2.24) is 4.90 Å². The lowest BCUT2D eigenvalue weighted by molar-refractivity contribution is -0.140. The molecule has 0 bridgehead atoms. The lowest BCUT2D eigenvalue weighted by Gasteiger charge is -2.29. The van der Waals surface area contributed by atoms with Crippen molar-refractivity contribution in [1.29, 1.82) is 0 Å². The van der Waals surface area contributed by atoms with Gasteiger partial charge >= 0.3 is 5.97 Å². The van der Waals surface area contributed by atoms with Crippen LogP contribution < -0.4 is 4.74 Å². The van der Waals surface area contributed by atoms with Gasteiger partial charge in [0.15, 0.2) is 9.84 Å². The second kappa shape index (κ2) is 9.30. The molecule has 2 aromatic carbocycles. The molecule has 0 fully saturated rings. The Morgan fingerprint density at radius 2 is 2.09 bits per heavy atom. The largest absolute Gasteiger partial charge is 0.469 e. The van der Waals surface area contributed by atoms with Gasteiger partial charge in [0.05, 0.1) is 42.1 Å². The van der Waals surface area contributed by atoms with Gasteiger partial charge in [-0.25, -0.2) is 13.4 Å². The average molecular weight is 476 g/mol. The molecular weight excluding hydrogens is 454 g/mol. The van der Waals surface area contributed by atoms with Gasteiger partial charge in [0.25, 0.3) is 0 Å².